The number of hydrogen-bond acceptors (Lipinski definition) is 4. The van der Waals surface area contributed by atoms with E-state index >= 15 is 0 Å². The van der Waals surface area contributed by atoms with Crippen LogP contribution in [0.4, 0.5) is 0 Å². The van der Waals surface area contributed by atoms with Crippen molar-refractivity contribution in [2.24, 2.45) is 5.92 Å². The van der Waals surface area contributed by atoms with Gasteiger partial charge >= 0.3 is 5.97 Å². The topological polar surface area (TPSA) is 98.0 Å². The zero-order valence-corrected chi connectivity index (χ0v) is 18.7. The van der Waals surface area contributed by atoms with E-state index < -0.39 is 24.1 Å². The second kappa shape index (κ2) is 16.6. The first-order valence-electron chi connectivity index (χ1n) is 11.2. The molecule has 0 aromatic rings. The number of quaternary nitrogens is 1. The highest BCUT2D eigenvalue weighted by molar-refractivity contribution is 5.69. The molecule has 0 spiro atoms. The zero-order valence-electron chi connectivity index (χ0n) is 18.7. The molecule has 0 saturated carbocycles. The molecule has 0 aliphatic carbocycles. The maximum atomic E-state index is 11.2. The van der Waals surface area contributed by atoms with Crippen molar-refractivity contribution in [2.45, 2.75) is 77.9 Å². The summed E-state index contributed by atoms with van der Waals surface area (Å²) in [7, 11) is 0. The molecule has 0 saturated heterocycles. The zero-order chi connectivity index (χ0) is 22.1. The van der Waals surface area contributed by atoms with Gasteiger partial charge in [-0.3, -0.25) is 4.79 Å². The second-order valence-corrected chi connectivity index (χ2v) is 8.18. The van der Waals surface area contributed by atoms with Crippen molar-refractivity contribution in [3.05, 3.63) is 24.3 Å². The Bertz CT molecular complexity index is 452. The molecule has 0 radical (unpaired) electrons. The molecule has 3 atom stereocenters. The first-order valence-corrected chi connectivity index (χ1v) is 11.2. The Morgan fingerprint density at radius 3 is 1.79 bits per heavy atom. The molecule has 4 N–H and O–H groups in total. The molecule has 0 aliphatic rings. The molecule has 29 heavy (non-hydrogen) atoms. The molecule has 0 aromatic heterocycles. The van der Waals surface area contributed by atoms with Crippen LogP contribution in [0.25, 0.3) is 0 Å². The minimum atomic E-state index is -0.855. The molecular weight excluding hydrogens is 370 g/mol. The van der Waals surface area contributed by atoms with Crippen molar-refractivity contribution in [1.82, 2.24) is 0 Å². The number of allylic oxidation sites excluding steroid dienone is 2. The number of rotatable bonds is 18. The predicted octanol–water partition coefficient (Wildman–Crippen LogP) is 3.12. The highest BCUT2D eigenvalue weighted by Gasteiger charge is 2.32. The van der Waals surface area contributed by atoms with Crippen LogP contribution in [0, 0.1) is 5.92 Å². The molecule has 3 unspecified atom stereocenters. The van der Waals surface area contributed by atoms with E-state index in [2.05, 4.69) is 13.8 Å². The van der Waals surface area contributed by atoms with E-state index in [9.17, 15) is 25.2 Å². The van der Waals surface area contributed by atoms with Crippen LogP contribution in [0.5, 0.6) is 0 Å². The van der Waals surface area contributed by atoms with Crippen LogP contribution in [-0.4, -0.2) is 75.9 Å². The standard InChI is InChI=1S/C23H43NO5/c1-4-6-8-10-12-21(26)18-24(16-17-25,15-14-20(3)23(28)29)19-22(27)13-11-9-7-5-2/h10-13,20-22,25-27H,4-9,14-19H2,1-3H3/p+1/b12-10+,13-11+. The molecule has 0 aliphatic heterocycles. The van der Waals surface area contributed by atoms with Gasteiger partial charge in [0.1, 0.15) is 31.8 Å². The third-order valence-electron chi connectivity index (χ3n) is 5.35. The SMILES string of the molecule is CCCC/C=C/C(O)C[N+](CCO)(CCC(C)C(=O)O)CC(O)/C=C/CCCC. The summed E-state index contributed by atoms with van der Waals surface area (Å²) in [6.07, 6.45) is 12.7. The van der Waals surface area contributed by atoms with Gasteiger partial charge < -0.3 is 24.9 Å². The van der Waals surface area contributed by atoms with Crippen LogP contribution in [0.3, 0.4) is 0 Å². The lowest BCUT2D eigenvalue weighted by Crippen LogP contribution is -2.57. The quantitative estimate of drug-likeness (QED) is 0.157. The number of carboxylic acids is 1. The van der Waals surface area contributed by atoms with Gasteiger partial charge in [-0.25, -0.2) is 0 Å². The van der Waals surface area contributed by atoms with Crippen LogP contribution < -0.4 is 0 Å². The van der Waals surface area contributed by atoms with Crippen LogP contribution >= 0.6 is 0 Å². The molecule has 0 bridgehead atoms. The van der Waals surface area contributed by atoms with Gasteiger partial charge in [0.25, 0.3) is 0 Å². The molecule has 0 rings (SSSR count). The second-order valence-electron chi connectivity index (χ2n) is 8.18. The van der Waals surface area contributed by atoms with Gasteiger partial charge in [0.05, 0.1) is 19.1 Å². The molecule has 170 valence electrons. The Morgan fingerprint density at radius 2 is 1.41 bits per heavy atom. The molecule has 0 amide bonds. The number of nitrogens with zero attached hydrogens (tertiary/aromatic N) is 1. The Morgan fingerprint density at radius 1 is 0.931 bits per heavy atom. The molecule has 0 heterocycles. The van der Waals surface area contributed by atoms with E-state index in [4.69, 9.17) is 0 Å². The number of aliphatic hydroxyl groups is 3. The van der Waals surface area contributed by atoms with Crippen molar-refractivity contribution in [3.8, 4) is 0 Å². The van der Waals surface area contributed by atoms with Gasteiger partial charge in [0.2, 0.25) is 0 Å². The van der Waals surface area contributed by atoms with E-state index in [-0.39, 0.29) is 11.1 Å². The van der Waals surface area contributed by atoms with Gasteiger partial charge in [-0.1, -0.05) is 70.8 Å². The Labute approximate surface area is 177 Å². The Balaban J connectivity index is 5.27. The lowest BCUT2D eigenvalue weighted by atomic mass is 10.1. The van der Waals surface area contributed by atoms with Gasteiger partial charge in [-0.2, -0.15) is 0 Å². The number of aliphatic carboxylic acids is 1. The number of unbranched alkanes of at least 4 members (excludes halogenated alkanes) is 4. The normalized spacial score (nSPS) is 17.4. The average Bonchev–Trinajstić information content (AvgIpc) is 2.67. The summed E-state index contributed by atoms with van der Waals surface area (Å²) in [6, 6.07) is 0. The fourth-order valence-electron chi connectivity index (χ4n) is 3.42. The van der Waals surface area contributed by atoms with Crippen molar-refractivity contribution >= 4 is 5.97 Å². The highest BCUT2D eigenvalue weighted by atomic mass is 16.4. The largest absolute Gasteiger partial charge is 0.481 e. The highest BCUT2D eigenvalue weighted by Crippen LogP contribution is 2.17. The molecule has 0 aromatic carbocycles. The van der Waals surface area contributed by atoms with Crippen molar-refractivity contribution in [3.63, 3.8) is 0 Å². The minimum absolute atomic E-state index is 0.0833. The van der Waals surface area contributed by atoms with Crippen LogP contribution in [0.1, 0.15) is 65.7 Å². The summed E-state index contributed by atoms with van der Waals surface area (Å²) in [5.74, 6) is -1.37. The monoisotopic (exact) mass is 414 g/mol. The van der Waals surface area contributed by atoms with E-state index in [1.54, 1.807) is 19.1 Å². The molecule has 0 fully saturated rings. The van der Waals surface area contributed by atoms with Crippen molar-refractivity contribution in [1.29, 1.82) is 0 Å². The maximum absolute atomic E-state index is 11.2. The number of hydrogen-bond donors (Lipinski definition) is 4. The lowest BCUT2D eigenvalue weighted by Gasteiger charge is -2.40. The van der Waals surface area contributed by atoms with Gasteiger partial charge in [-0.15, -0.1) is 0 Å². The van der Waals surface area contributed by atoms with Gasteiger partial charge in [-0.05, 0) is 12.8 Å². The predicted molar refractivity (Wildman–Crippen MR) is 118 cm³/mol. The van der Waals surface area contributed by atoms with E-state index in [1.807, 2.05) is 12.2 Å². The van der Waals surface area contributed by atoms with Gasteiger partial charge in [0, 0.05) is 6.42 Å². The van der Waals surface area contributed by atoms with E-state index in [0.29, 0.717) is 32.6 Å². The van der Waals surface area contributed by atoms with E-state index in [0.717, 1.165) is 38.5 Å². The summed E-state index contributed by atoms with van der Waals surface area (Å²) >= 11 is 0. The Hall–Kier alpha value is -1.21. The fourth-order valence-corrected chi connectivity index (χ4v) is 3.42. The summed E-state index contributed by atoms with van der Waals surface area (Å²) < 4.78 is 0.284. The maximum Gasteiger partial charge on any atom is 0.306 e. The van der Waals surface area contributed by atoms with Crippen LogP contribution in [0.2, 0.25) is 0 Å². The summed E-state index contributed by atoms with van der Waals surface area (Å²) in [5, 5.41) is 40.0. The average molecular weight is 415 g/mol. The first kappa shape index (κ1) is 27.8. The number of carboxylic acid groups (broad SMARTS) is 1. The Kier molecular flexibility index (Phi) is 15.9. The summed E-state index contributed by atoms with van der Waals surface area (Å²) in [6.45, 7) is 7.35. The minimum Gasteiger partial charge on any atom is -0.481 e. The molecule has 6 heteroatoms. The number of aliphatic hydroxyl groups excluding tert-OH is 3. The van der Waals surface area contributed by atoms with Crippen LogP contribution in [0.15, 0.2) is 24.3 Å². The smallest absolute Gasteiger partial charge is 0.306 e. The van der Waals surface area contributed by atoms with Gasteiger partial charge in [0.15, 0.2) is 0 Å². The first-order chi connectivity index (χ1) is 13.8. The third kappa shape index (κ3) is 13.6. The number of carbonyl (C=O) groups is 1. The molecule has 6 nitrogen and oxygen atoms in total. The summed E-state index contributed by atoms with van der Waals surface area (Å²) in [4.78, 5) is 11.2. The fraction of sp³-hybridized carbons (Fsp3) is 0.783. The van der Waals surface area contributed by atoms with Crippen molar-refractivity contribution in [2.75, 3.05) is 32.8 Å². The van der Waals surface area contributed by atoms with Crippen LogP contribution in [-0.2, 0) is 4.79 Å². The third-order valence-corrected chi connectivity index (χ3v) is 5.35. The molecular formula is C23H44NO5+. The van der Waals surface area contributed by atoms with E-state index in [1.165, 1.54) is 0 Å². The van der Waals surface area contributed by atoms with Crippen molar-refractivity contribution < 1.29 is 29.7 Å². The summed E-state index contributed by atoms with van der Waals surface area (Å²) in [5.41, 5.74) is 0. The lowest BCUT2D eigenvalue weighted by molar-refractivity contribution is -0.933.